The molecule has 2 rings (SSSR count). The second kappa shape index (κ2) is 6.34. The average molecular weight is 281 g/mol. The molecule has 0 aromatic carbocycles. The SMILES string of the molecule is CNCc1cnc(SCC2(CC(=O)OC)CC2)nc1. The molecule has 0 saturated heterocycles. The number of methoxy groups -OCH3 is 1. The van der Waals surface area contributed by atoms with E-state index in [2.05, 4.69) is 15.3 Å². The third-order valence-corrected chi connectivity index (χ3v) is 4.50. The van der Waals surface area contributed by atoms with Gasteiger partial charge in [0.1, 0.15) is 0 Å². The van der Waals surface area contributed by atoms with Crippen LogP contribution < -0.4 is 5.32 Å². The molecule has 1 aliphatic rings. The molecule has 0 unspecified atom stereocenters. The molecule has 104 valence electrons. The molecular weight excluding hydrogens is 262 g/mol. The highest BCUT2D eigenvalue weighted by Gasteiger charge is 2.44. The Kier molecular flexibility index (Phi) is 4.76. The zero-order valence-corrected chi connectivity index (χ0v) is 12.1. The Bertz CT molecular complexity index is 432. The van der Waals surface area contributed by atoms with Crippen LogP contribution in [0.2, 0.25) is 0 Å². The van der Waals surface area contributed by atoms with Gasteiger partial charge in [0.25, 0.3) is 0 Å². The summed E-state index contributed by atoms with van der Waals surface area (Å²) in [5, 5.41) is 3.83. The Balaban J connectivity index is 1.83. The van der Waals surface area contributed by atoms with Gasteiger partial charge in [0.15, 0.2) is 5.16 Å². The van der Waals surface area contributed by atoms with Crippen LogP contribution in [0.15, 0.2) is 17.6 Å². The van der Waals surface area contributed by atoms with Crippen molar-refractivity contribution in [1.82, 2.24) is 15.3 Å². The summed E-state index contributed by atoms with van der Waals surface area (Å²) in [7, 11) is 3.33. The van der Waals surface area contributed by atoms with Crippen molar-refractivity contribution in [2.24, 2.45) is 5.41 Å². The fourth-order valence-electron chi connectivity index (χ4n) is 1.86. The lowest BCUT2D eigenvalue weighted by molar-refractivity contribution is -0.141. The Morgan fingerprint density at radius 3 is 2.68 bits per heavy atom. The van der Waals surface area contributed by atoms with Gasteiger partial charge in [-0.2, -0.15) is 0 Å². The Morgan fingerprint density at radius 1 is 1.47 bits per heavy atom. The lowest BCUT2D eigenvalue weighted by atomic mass is 10.1. The number of carbonyl (C=O) groups excluding carboxylic acids is 1. The summed E-state index contributed by atoms with van der Waals surface area (Å²) < 4.78 is 4.73. The highest BCUT2D eigenvalue weighted by atomic mass is 32.2. The first-order valence-electron chi connectivity index (χ1n) is 6.33. The molecule has 5 nitrogen and oxygen atoms in total. The number of nitrogens with zero attached hydrogens (tertiary/aromatic N) is 2. The van der Waals surface area contributed by atoms with Crippen LogP contribution in [0.25, 0.3) is 0 Å². The molecule has 19 heavy (non-hydrogen) atoms. The van der Waals surface area contributed by atoms with E-state index < -0.39 is 0 Å². The van der Waals surface area contributed by atoms with E-state index in [-0.39, 0.29) is 11.4 Å². The van der Waals surface area contributed by atoms with Crippen molar-refractivity contribution in [2.45, 2.75) is 31.0 Å². The van der Waals surface area contributed by atoms with Gasteiger partial charge in [0.2, 0.25) is 0 Å². The van der Waals surface area contributed by atoms with Gasteiger partial charge >= 0.3 is 5.97 Å². The molecule has 0 radical (unpaired) electrons. The van der Waals surface area contributed by atoms with Gasteiger partial charge in [-0.05, 0) is 25.3 Å². The number of nitrogens with one attached hydrogen (secondary N) is 1. The third-order valence-electron chi connectivity index (χ3n) is 3.27. The van der Waals surface area contributed by atoms with E-state index in [4.69, 9.17) is 4.74 Å². The molecule has 0 atom stereocenters. The van der Waals surface area contributed by atoms with E-state index >= 15 is 0 Å². The third kappa shape index (κ3) is 4.18. The summed E-state index contributed by atoms with van der Waals surface area (Å²) >= 11 is 1.62. The molecule has 1 fully saturated rings. The second-order valence-electron chi connectivity index (χ2n) is 4.95. The molecule has 0 bridgehead atoms. The van der Waals surface area contributed by atoms with Crippen molar-refractivity contribution in [3.05, 3.63) is 18.0 Å². The summed E-state index contributed by atoms with van der Waals surface area (Å²) in [6, 6.07) is 0. The minimum Gasteiger partial charge on any atom is -0.469 e. The topological polar surface area (TPSA) is 64.1 Å². The van der Waals surface area contributed by atoms with E-state index in [0.717, 1.165) is 35.9 Å². The lowest BCUT2D eigenvalue weighted by Gasteiger charge is -2.12. The molecule has 6 heteroatoms. The highest BCUT2D eigenvalue weighted by molar-refractivity contribution is 7.99. The number of hydrogen-bond donors (Lipinski definition) is 1. The fourth-order valence-corrected chi connectivity index (χ4v) is 2.94. The normalized spacial score (nSPS) is 16.1. The Morgan fingerprint density at radius 2 is 2.16 bits per heavy atom. The van der Waals surface area contributed by atoms with Crippen LogP contribution in [-0.2, 0) is 16.1 Å². The van der Waals surface area contributed by atoms with Crippen LogP contribution >= 0.6 is 11.8 Å². The number of thioether (sulfide) groups is 1. The van der Waals surface area contributed by atoms with Crippen molar-refractivity contribution >= 4 is 17.7 Å². The van der Waals surface area contributed by atoms with Crippen LogP contribution in [0, 0.1) is 5.41 Å². The van der Waals surface area contributed by atoms with E-state index in [1.165, 1.54) is 7.11 Å². The van der Waals surface area contributed by atoms with Crippen LogP contribution in [-0.4, -0.2) is 35.8 Å². The Labute approximate surface area is 117 Å². The van der Waals surface area contributed by atoms with Gasteiger partial charge in [-0.25, -0.2) is 9.97 Å². The maximum Gasteiger partial charge on any atom is 0.306 e. The Hall–Kier alpha value is -1.14. The van der Waals surface area contributed by atoms with Gasteiger partial charge in [0.05, 0.1) is 13.5 Å². The second-order valence-corrected chi connectivity index (χ2v) is 5.89. The number of rotatable bonds is 7. The monoisotopic (exact) mass is 281 g/mol. The van der Waals surface area contributed by atoms with Crippen molar-refractivity contribution in [2.75, 3.05) is 19.9 Å². The van der Waals surface area contributed by atoms with E-state index in [0.29, 0.717) is 6.42 Å². The predicted octanol–water partition coefficient (Wildman–Crippen LogP) is 1.63. The fraction of sp³-hybridized carbons (Fsp3) is 0.615. The molecule has 1 aliphatic carbocycles. The molecule has 0 spiro atoms. The maximum absolute atomic E-state index is 11.3. The van der Waals surface area contributed by atoms with Gasteiger partial charge in [-0.3, -0.25) is 4.79 Å². The van der Waals surface area contributed by atoms with E-state index in [1.807, 2.05) is 19.4 Å². The first-order valence-corrected chi connectivity index (χ1v) is 7.31. The van der Waals surface area contributed by atoms with Crippen LogP contribution in [0.3, 0.4) is 0 Å². The largest absolute Gasteiger partial charge is 0.469 e. The van der Waals surface area contributed by atoms with Gasteiger partial charge in [0, 0.05) is 30.3 Å². The standard InChI is InChI=1S/C13H19N3O2S/c1-14-6-10-7-15-12(16-8-10)19-9-13(3-4-13)5-11(17)18-2/h7-8,14H,3-6,9H2,1-2H3. The molecule has 1 saturated carbocycles. The molecule has 1 aromatic heterocycles. The van der Waals surface area contributed by atoms with E-state index in [1.54, 1.807) is 11.8 Å². The van der Waals surface area contributed by atoms with Crippen LogP contribution in [0.1, 0.15) is 24.8 Å². The summed E-state index contributed by atoms with van der Waals surface area (Å²) in [5.41, 5.74) is 1.19. The van der Waals surface area contributed by atoms with Gasteiger partial charge < -0.3 is 10.1 Å². The highest BCUT2D eigenvalue weighted by Crippen LogP contribution is 2.51. The molecular formula is C13H19N3O2S. The first-order chi connectivity index (χ1) is 9.17. The summed E-state index contributed by atoms with van der Waals surface area (Å²) in [6.07, 6.45) is 6.37. The number of carbonyl (C=O) groups is 1. The molecule has 0 amide bonds. The van der Waals surface area contributed by atoms with Crippen molar-refractivity contribution in [1.29, 1.82) is 0 Å². The predicted molar refractivity (Wildman–Crippen MR) is 73.8 cm³/mol. The summed E-state index contributed by atoms with van der Waals surface area (Å²) in [5.74, 6) is 0.761. The number of esters is 1. The summed E-state index contributed by atoms with van der Waals surface area (Å²) in [6.45, 7) is 0.775. The first kappa shape index (κ1) is 14.3. The molecule has 0 aliphatic heterocycles. The zero-order chi connectivity index (χ0) is 13.7. The average Bonchev–Trinajstić information content (AvgIpc) is 3.18. The molecule has 1 heterocycles. The minimum absolute atomic E-state index is 0.116. The van der Waals surface area contributed by atoms with E-state index in [9.17, 15) is 4.79 Å². The van der Waals surface area contributed by atoms with Crippen molar-refractivity contribution in [3.8, 4) is 0 Å². The molecule has 1 aromatic rings. The quantitative estimate of drug-likeness (QED) is 0.465. The zero-order valence-electron chi connectivity index (χ0n) is 11.3. The minimum atomic E-state index is -0.122. The number of hydrogen-bond acceptors (Lipinski definition) is 6. The van der Waals surface area contributed by atoms with Crippen LogP contribution in [0.5, 0.6) is 0 Å². The van der Waals surface area contributed by atoms with Gasteiger partial charge in [-0.1, -0.05) is 11.8 Å². The van der Waals surface area contributed by atoms with Crippen molar-refractivity contribution in [3.63, 3.8) is 0 Å². The molecule has 1 N–H and O–H groups in total. The van der Waals surface area contributed by atoms with Crippen molar-refractivity contribution < 1.29 is 9.53 Å². The number of ether oxygens (including phenoxy) is 1. The van der Waals surface area contributed by atoms with Crippen LogP contribution in [0.4, 0.5) is 0 Å². The smallest absolute Gasteiger partial charge is 0.306 e. The lowest BCUT2D eigenvalue weighted by Crippen LogP contribution is -2.13. The van der Waals surface area contributed by atoms with Gasteiger partial charge in [-0.15, -0.1) is 0 Å². The maximum atomic E-state index is 11.3. The summed E-state index contributed by atoms with van der Waals surface area (Å²) in [4.78, 5) is 20.0. The number of aromatic nitrogens is 2.